The van der Waals surface area contributed by atoms with Crippen molar-refractivity contribution in [3.63, 3.8) is 0 Å². The SMILES string of the molecule is Cc1cccc(C)c1COc1ccc([C@H](C)O)cc1F. The topological polar surface area (TPSA) is 29.5 Å². The lowest BCUT2D eigenvalue weighted by atomic mass is 10.0. The average molecular weight is 274 g/mol. The van der Waals surface area contributed by atoms with Gasteiger partial charge in [0, 0.05) is 0 Å². The molecule has 2 aromatic carbocycles. The summed E-state index contributed by atoms with van der Waals surface area (Å²) < 4.78 is 19.4. The van der Waals surface area contributed by atoms with Gasteiger partial charge in [0.05, 0.1) is 6.10 Å². The van der Waals surface area contributed by atoms with Crippen LogP contribution in [0.1, 0.15) is 35.3 Å². The molecule has 2 nitrogen and oxygen atoms in total. The van der Waals surface area contributed by atoms with E-state index in [1.165, 1.54) is 6.07 Å². The number of benzene rings is 2. The van der Waals surface area contributed by atoms with Crippen molar-refractivity contribution in [1.29, 1.82) is 0 Å². The number of rotatable bonds is 4. The lowest BCUT2D eigenvalue weighted by Gasteiger charge is -2.13. The summed E-state index contributed by atoms with van der Waals surface area (Å²) in [5.41, 5.74) is 3.88. The van der Waals surface area contributed by atoms with Gasteiger partial charge >= 0.3 is 0 Å². The van der Waals surface area contributed by atoms with Gasteiger partial charge in [-0.05, 0) is 55.2 Å². The minimum absolute atomic E-state index is 0.206. The van der Waals surface area contributed by atoms with Gasteiger partial charge in [0.1, 0.15) is 6.61 Å². The van der Waals surface area contributed by atoms with Crippen molar-refractivity contribution in [2.45, 2.75) is 33.5 Å². The Morgan fingerprint density at radius 2 is 1.80 bits per heavy atom. The van der Waals surface area contributed by atoms with Crippen LogP contribution in [0.3, 0.4) is 0 Å². The van der Waals surface area contributed by atoms with Gasteiger partial charge in [0.15, 0.2) is 11.6 Å². The van der Waals surface area contributed by atoms with Crippen LogP contribution >= 0.6 is 0 Å². The van der Waals surface area contributed by atoms with Crippen LogP contribution in [-0.2, 0) is 6.61 Å². The van der Waals surface area contributed by atoms with Gasteiger partial charge in [0.2, 0.25) is 0 Å². The van der Waals surface area contributed by atoms with E-state index in [2.05, 4.69) is 0 Å². The fraction of sp³-hybridized carbons (Fsp3) is 0.294. The van der Waals surface area contributed by atoms with E-state index < -0.39 is 11.9 Å². The van der Waals surface area contributed by atoms with Gasteiger partial charge in [-0.1, -0.05) is 24.3 Å². The molecule has 0 radical (unpaired) electrons. The van der Waals surface area contributed by atoms with Crippen molar-refractivity contribution in [3.8, 4) is 5.75 Å². The molecule has 0 unspecified atom stereocenters. The Kier molecular flexibility index (Phi) is 4.40. The summed E-state index contributed by atoms with van der Waals surface area (Å²) in [6.07, 6.45) is -0.683. The lowest BCUT2D eigenvalue weighted by Crippen LogP contribution is -2.02. The summed E-state index contributed by atoms with van der Waals surface area (Å²) in [6.45, 7) is 5.96. The summed E-state index contributed by atoms with van der Waals surface area (Å²) in [5.74, 6) is -0.244. The van der Waals surface area contributed by atoms with Crippen LogP contribution in [0.5, 0.6) is 5.75 Å². The molecule has 0 spiro atoms. The number of aryl methyl sites for hydroxylation is 2. The normalized spacial score (nSPS) is 12.2. The molecule has 20 heavy (non-hydrogen) atoms. The first-order valence-electron chi connectivity index (χ1n) is 6.64. The van der Waals surface area contributed by atoms with Crippen LogP contribution < -0.4 is 4.74 Å². The molecule has 1 atom stereocenters. The maximum Gasteiger partial charge on any atom is 0.165 e. The molecule has 0 saturated heterocycles. The highest BCUT2D eigenvalue weighted by molar-refractivity contribution is 5.34. The van der Waals surface area contributed by atoms with Crippen LogP contribution in [-0.4, -0.2) is 5.11 Å². The average Bonchev–Trinajstić information content (AvgIpc) is 2.39. The molecule has 3 heteroatoms. The molecule has 0 aliphatic heterocycles. The van der Waals surface area contributed by atoms with Gasteiger partial charge < -0.3 is 9.84 Å². The third-order valence-electron chi connectivity index (χ3n) is 3.45. The van der Waals surface area contributed by atoms with E-state index >= 15 is 0 Å². The Balaban J connectivity index is 2.15. The molecule has 0 aromatic heterocycles. The Hall–Kier alpha value is -1.87. The van der Waals surface area contributed by atoms with E-state index in [-0.39, 0.29) is 5.75 Å². The zero-order valence-corrected chi connectivity index (χ0v) is 12.0. The van der Waals surface area contributed by atoms with E-state index in [0.29, 0.717) is 12.2 Å². The van der Waals surface area contributed by atoms with Crippen molar-refractivity contribution in [2.75, 3.05) is 0 Å². The second-order valence-corrected chi connectivity index (χ2v) is 5.02. The van der Waals surface area contributed by atoms with Crippen molar-refractivity contribution in [2.24, 2.45) is 0 Å². The fourth-order valence-corrected chi connectivity index (χ4v) is 2.12. The van der Waals surface area contributed by atoms with Gasteiger partial charge in [-0.15, -0.1) is 0 Å². The summed E-state index contributed by atoms with van der Waals surface area (Å²) in [7, 11) is 0. The zero-order valence-electron chi connectivity index (χ0n) is 12.0. The number of hydrogen-bond acceptors (Lipinski definition) is 2. The van der Waals surface area contributed by atoms with Crippen molar-refractivity contribution in [3.05, 3.63) is 64.5 Å². The summed E-state index contributed by atoms with van der Waals surface area (Å²) in [5, 5.41) is 9.41. The third kappa shape index (κ3) is 3.17. The fourth-order valence-electron chi connectivity index (χ4n) is 2.12. The molecule has 0 amide bonds. The molecule has 0 heterocycles. The van der Waals surface area contributed by atoms with E-state index in [1.807, 2.05) is 32.0 Å². The van der Waals surface area contributed by atoms with Gasteiger partial charge in [-0.3, -0.25) is 0 Å². The molecule has 2 aromatic rings. The van der Waals surface area contributed by atoms with E-state index in [0.717, 1.165) is 16.7 Å². The molecule has 0 saturated carbocycles. The lowest BCUT2D eigenvalue weighted by molar-refractivity contribution is 0.198. The summed E-state index contributed by atoms with van der Waals surface area (Å²) in [4.78, 5) is 0. The minimum Gasteiger partial charge on any atom is -0.486 e. The minimum atomic E-state index is -0.683. The molecule has 0 bridgehead atoms. The number of hydrogen-bond donors (Lipinski definition) is 1. The van der Waals surface area contributed by atoms with Crippen LogP contribution in [0.2, 0.25) is 0 Å². The number of halogens is 1. The summed E-state index contributed by atoms with van der Waals surface area (Å²) >= 11 is 0. The molecule has 0 fully saturated rings. The standard InChI is InChI=1S/C17H19FO2/c1-11-5-4-6-12(2)15(11)10-20-17-8-7-14(13(3)19)9-16(17)18/h4-9,13,19H,10H2,1-3H3/t13-/m0/s1. The highest BCUT2D eigenvalue weighted by Crippen LogP contribution is 2.24. The first kappa shape index (κ1) is 14.5. The van der Waals surface area contributed by atoms with Crippen LogP contribution in [0.4, 0.5) is 4.39 Å². The van der Waals surface area contributed by atoms with E-state index in [4.69, 9.17) is 4.74 Å². The van der Waals surface area contributed by atoms with E-state index in [1.54, 1.807) is 19.1 Å². The molecule has 1 N–H and O–H groups in total. The molecule has 0 aliphatic rings. The third-order valence-corrected chi connectivity index (χ3v) is 3.45. The number of aliphatic hydroxyl groups excluding tert-OH is 1. The quantitative estimate of drug-likeness (QED) is 0.910. The maximum absolute atomic E-state index is 13.9. The van der Waals surface area contributed by atoms with E-state index in [9.17, 15) is 9.50 Å². The predicted molar refractivity (Wildman–Crippen MR) is 77.3 cm³/mol. The molecule has 106 valence electrons. The zero-order chi connectivity index (χ0) is 14.7. The molecule has 2 rings (SSSR count). The smallest absolute Gasteiger partial charge is 0.165 e. The highest BCUT2D eigenvalue weighted by atomic mass is 19.1. The second-order valence-electron chi connectivity index (χ2n) is 5.02. The first-order chi connectivity index (χ1) is 9.49. The molecular weight excluding hydrogens is 255 g/mol. The van der Waals surface area contributed by atoms with Gasteiger partial charge in [-0.25, -0.2) is 4.39 Å². The van der Waals surface area contributed by atoms with Gasteiger partial charge in [-0.2, -0.15) is 0 Å². The largest absolute Gasteiger partial charge is 0.486 e. The Labute approximate surface area is 118 Å². The summed E-state index contributed by atoms with van der Waals surface area (Å²) in [6, 6.07) is 10.6. The van der Waals surface area contributed by atoms with Crippen LogP contribution in [0.15, 0.2) is 36.4 Å². The predicted octanol–water partition coefficient (Wildman–Crippen LogP) is 4.07. The highest BCUT2D eigenvalue weighted by Gasteiger charge is 2.09. The van der Waals surface area contributed by atoms with Gasteiger partial charge in [0.25, 0.3) is 0 Å². The van der Waals surface area contributed by atoms with Crippen LogP contribution in [0.25, 0.3) is 0 Å². The monoisotopic (exact) mass is 274 g/mol. The number of aliphatic hydroxyl groups is 1. The van der Waals surface area contributed by atoms with Crippen molar-refractivity contribution < 1.29 is 14.2 Å². The molecular formula is C17H19FO2. The first-order valence-corrected chi connectivity index (χ1v) is 6.64. The Morgan fingerprint density at radius 1 is 1.15 bits per heavy atom. The Morgan fingerprint density at radius 3 is 2.35 bits per heavy atom. The molecule has 0 aliphatic carbocycles. The maximum atomic E-state index is 13.9. The van der Waals surface area contributed by atoms with Crippen molar-refractivity contribution in [1.82, 2.24) is 0 Å². The van der Waals surface area contributed by atoms with Crippen molar-refractivity contribution >= 4 is 0 Å². The number of ether oxygens (including phenoxy) is 1. The second kappa shape index (κ2) is 6.06. The Bertz CT molecular complexity index is 586. The van der Waals surface area contributed by atoms with Crippen LogP contribution in [0, 0.1) is 19.7 Å².